The van der Waals surface area contributed by atoms with Crippen molar-refractivity contribution in [1.29, 1.82) is 0 Å². The molecular formula is C19H21NO3. The predicted octanol–water partition coefficient (Wildman–Crippen LogP) is 2.95. The van der Waals surface area contributed by atoms with Gasteiger partial charge in [-0.05, 0) is 42.7 Å². The van der Waals surface area contributed by atoms with Gasteiger partial charge in [-0.1, -0.05) is 30.3 Å². The van der Waals surface area contributed by atoms with Gasteiger partial charge < -0.3 is 14.8 Å². The fraction of sp³-hybridized carbons (Fsp3) is 0.316. The summed E-state index contributed by atoms with van der Waals surface area (Å²) in [7, 11) is 0. The van der Waals surface area contributed by atoms with Crippen LogP contribution in [0.15, 0.2) is 48.5 Å². The Labute approximate surface area is 136 Å². The molecule has 0 radical (unpaired) electrons. The topological polar surface area (TPSA) is 47.6 Å². The van der Waals surface area contributed by atoms with Crippen molar-refractivity contribution in [2.75, 3.05) is 13.2 Å². The maximum Gasteiger partial charge on any atom is 0.227 e. The summed E-state index contributed by atoms with van der Waals surface area (Å²) in [6.45, 7) is 3.52. The normalized spacial score (nSPS) is 16.1. The summed E-state index contributed by atoms with van der Waals surface area (Å²) in [4.78, 5) is 12.4. The maximum atomic E-state index is 12.4. The number of nitrogens with one attached hydrogen (secondary N) is 1. The number of amides is 1. The first-order valence-electron chi connectivity index (χ1n) is 7.96. The second-order valence-corrected chi connectivity index (χ2v) is 5.62. The fourth-order valence-corrected chi connectivity index (χ4v) is 2.74. The van der Waals surface area contributed by atoms with Gasteiger partial charge in [-0.25, -0.2) is 0 Å². The van der Waals surface area contributed by atoms with Crippen LogP contribution in [0.25, 0.3) is 0 Å². The number of rotatable bonds is 5. The van der Waals surface area contributed by atoms with E-state index in [9.17, 15) is 4.79 Å². The molecule has 23 heavy (non-hydrogen) atoms. The first-order valence-corrected chi connectivity index (χ1v) is 7.96. The van der Waals surface area contributed by atoms with Crippen molar-refractivity contribution in [1.82, 2.24) is 5.32 Å². The molecule has 1 amide bonds. The minimum atomic E-state index is -0.139. The minimum absolute atomic E-state index is 0.0290. The minimum Gasteiger partial charge on any atom is -0.494 e. The molecule has 0 saturated heterocycles. The smallest absolute Gasteiger partial charge is 0.227 e. The number of ether oxygens (including phenoxy) is 2. The van der Waals surface area contributed by atoms with Crippen molar-refractivity contribution in [2.45, 2.75) is 19.9 Å². The SMILES string of the molecule is CCOc1cccc(CNC(=O)C2COc3ccccc3C2)c1. The summed E-state index contributed by atoms with van der Waals surface area (Å²) in [6, 6.07) is 15.7. The molecule has 4 nitrogen and oxygen atoms in total. The lowest BCUT2D eigenvalue weighted by Gasteiger charge is -2.24. The zero-order valence-electron chi connectivity index (χ0n) is 13.2. The third kappa shape index (κ3) is 3.83. The molecule has 3 rings (SSSR count). The van der Waals surface area contributed by atoms with Crippen molar-refractivity contribution in [3.05, 3.63) is 59.7 Å². The third-order valence-corrected chi connectivity index (χ3v) is 3.93. The summed E-state index contributed by atoms with van der Waals surface area (Å²) in [5.41, 5.74) is 2.12. The van der Waals surface area contributed by atoms with Gasteiger partial charge in [0.15, 0.2) is 0 Å². The molecule has 1 atom stereocenters. The molecule has 2 aromatic rings. The molecule has 1 aliphatic heterocycles. The number of carbonyl (C=O) groups is 1. The van der Waals surface area contributed by atoms with Gasteiger partial charge in [0, 0.05) is 6.54 Å². The van der Waals surface area contributed by atoms with E-state index >= 15 is 0 Å². The van der Waals surface area contributed by atoms with E-state index in [1.807, 2.05) is 55.5 Å². The lowest BCUT2D eigenvalue weighted by Crippen LogP contribution is -2.37. The molecular weight excluding hydrogens is 290 g/mol. The molecule has 0 fully saturated rings. The van der Waals surface area contributed by atoms with E-state index in [-0.39, 0.29) is 11.8 Å². The van der Waals surface area contributed by atoms with Crippen molar-refractivity contribution in [3.63, 3.8) is 0 Å². The first kappa shape index (κ1) is 15.4. The molecule has 1 aliphatic rings. The van der Waals surface area contributed by atoms with Crippen LogP contribution in [0, 0.1) is 5.92 Å². The Morgan fingerprint density at radius 1 is 1.26 bits per heavy atom. The van der Waals surface area contributed by atoms with Crippen LogP contribution in [0.4, 0.5) is 0 Å². The van der Waals surface area contributed by atoms with Crippen LogP contribution in [0.3, 0.4) is 0 Å². The quantitative estimate of drug-likeness (QED) is 0.923. The van der Waals surface area contributed by atoms with E-state index in [2.05, 4.69) is 5.32 Å². The Morgan fingerprint density at radius 2 is 2.13 bits per heavy atom. The van der Waals surface area contributed by atoms with E-state index in [0.717, 1.165) is 29.0 Å². The average molecular weight is 311 g/mol. The largest absolute Gasteiger partial charge is 0.494 e. The van der Waals surface area contributed by atoms with E-state index in [0.29, 0.717) is 19.8 Å². The van der Waals surface area contributed by atoms with Gasteiger partial charge in [0.1, 0.15) is 18.1 Å². The van der Waals surface area contributed by atoms with E-state index in [1.54, 1.807) is 0 Å². The van der Waals surface area contributed by atoms with E-state index in [1.165, 1.54) is 0 Å². The van der Waals surface area contributed by atoms with E-state index < -0.39 is 0 Å². The van der Waals surface area contributed by atoms with Crippen molar-refractivity contribution in [2.24, 2.45) is 5.92 Å². The Balaban J connectivity index is 1.57. The van der Waals surface area contributed by atoms with E-state index in [4.69, 9.17) is 9.47 Å². The Morgan fingerprint density at radius 3 is 3.00 bits per heavy atom. The van der Waals surface area contributed by atoms with Gasteiger partial charge in [-0.2, -0.15) is 0 Å². The molecule has 1 heterocycles. The van der Waals surface area contributed by atoms with Gasteiger partial charge in [0.25, 0.3) is 0 Å². The third-order valence-electron chi connectivity index (χ3n) is 3.93. The number of hydrogen-bond acceptors (Lipinski definition) is 3. The number of carbonyl (C=O) groups excluding carboxylic acids is 1. The zero-order valence-corrected chi connectivity index (χ0v) is 13.2. The number of hydrogen-bond donors (Lipinski definition) is 1. The summed E-state index contributed by atoms with van der Waals surface area (Å²) in [5, 5.41) is 2.99. The monoisotopic (exact) mass is 311 g/mol. The highest BCUT2D eigenvalue weighted by atomic mass is 16.5. The van der Waals surface area contributed by atoms with Crippen LogP contribution in [0.2, 0.25) is 0 Å². The first-order chi connectivity index (χ1) is 11.3. The van der Waals surface area contributed by atoms with Crippen LogP contribution in [0.1, 0.15) is 18.1 Å². The predicted molar refractivity (Wildman–Crippen MR) is 88.6 cm³/mol. The molecule has 0 saturated carbocycles. The van der Waals surface area contributed by atoms with Crippen LogP contribution in [-0.2, 0) is 17.8 Å². The lowest BCUT2D eigenvalue weighted by atomic mass is 9.96. The van der Waals surface area contributed by atoms with Gasteiger partial charge in [0.05, 0.1) is 12.5 Å². The maximum absolute atomic E-state index is 12.4. The molecule has 0 aliphatic carbocycles. The summed E-state index contributed by atoms with van der Waals surface area (Å²) in [6.07, 6.45) is 0.723. The van der Waals surface area contributed by atoms with Crippen molar-refractivity contribution < 1.29 is 14.3 Å². The second-order valence-electron chi connectivity index (χ2n) is 5.62. The highest BCUT2D eigenvalue weighted by molar-refractivity contribution is 5.79. The Kier molecular flexibility index (Phi) is 4.81. The molecule has 4 heteroatoms. The highest BCUT2D eigenvalue weighted by Gasteiger charge is 2.25. The Bertz CT molecular complexity index is 684. The zero-order chi connectivity index (χ0) is 16.1. The van der Waals surface area contributed by atoms with Gasteiger partial charge in [0.2, 0.25) is 5.91 Å². The van der Waals surface area contributed by atoms with Gasteiger partial charge in [-0.15, -0.1) is 0 Å². The molecule has 0 spiro atoms. The highest BCUT2D eigenvalue weighted by Crippen LogP contribution is 2.26. The number of fused-ring (bicyclic) bond motifs is 1. The summed E-state index contributed by atoms with van der Waals surface area (Å²) in [5.74, 6) is 1.61. The molecule has 1 unspecified atom stereocenters. The molecule has 0 bridgehead atoms. The standard InChI is InChI=1S/C19H21NO3/c1-2-22-17-8-5-6-14(10-17)12-20-19(21)16-11-15-7-3-4-9-18(15)23-13-16/h3-10,16H,2,11-13H2,1H3,(H,20,21). The van der Waals surface area contributed by atoms with Crippen LogP contribution >= 0.6 is 0 Å². The molecule has 1 N–H and O–H groups in total. The second kappa shape index (κ2) is 7.18. The number of benzene rings is 2. The van der Waals surface area contributed by atoms with Crippen LogP contribution < -0.4 is 14.8 Å². The van der Waals surface area contributed by atoms with Crippen molar-refractivity contribution >= 4 is 5.91 Å². The summed E-state index contributed by atoms with van der Waals surface area (Å²) >= 11 is 0. The molecule has 2 aromatic carbocycles. The van der Waals surface area contributed by atoms with Gasteiger partial charge in [-0.3, -0.25) is 4.79 Å². The van der Waals surface area contributed by atoms with Crippen molar-refractivity contribution in [3.8, 4) is 11.5 Å². The van der Waals surface area contributed by atoms with Crippen LogP contribution in [0.5, 0.6) is 11.5 Å². The molecule has 0 aromatic heterocycles. The average Bonchev–Trinajstić information content (AvgIpc) is 2.60. The molecule has 120 valence electrons. The Hall–Kier alpha value is -2.49. The summed E-state index contributed by atoms with van der Waals surface area (Å²) < 4.78 is 11.2. The van der Waals surface area contributed by atoms with Crippen LogP contribution in [-0.4, -0.2) is 19.1 Å². The number of para-hydroxylation sites is 1. The lowest BCUT2D eigenvalue weighted by molar-refractivity contribution is -0.126. The fourth-order valence-electron chi connectivity index (χ4n) is 2.74. The van der Waals surface area contributed by atoms with Gasteiger partial charge >= 0.3 is 0 Å².